The highest BCUT2D eigenvalue weighted by atomic mass is 19.1. The standard InChI is InChI=1S/C24H33FO3/c1-5-14-10-16-17-7-6-15(11-22(26)27)23(17,2)9-8-18(16)24(3)13-20(25)21(28-4)12-19(14)24/h11-12,16-18,20H,5-10,13H2,1-4H3,(H,26,27)/t16-,17-,18-,20?,23+,24+/m0/s1. The Hall–Kier alpha value is -1.58. The third kappa shape index (κ3) is 2.70. The van der Waals surface area contributed by atoms with Crippen LogP contribution in [0, 0.1) is 28.6 Å². The molecule has 0 aliphatic heterocycles. The van der Waals surface area contributed by atoms with Crippen molar-refractivity contribution in [3.05, 3.63) is 34.6 Å². The van der Waals surface area contributed by atoms with Gasteiger partial charge in [-0.3, -0.25) is 0 Å². The van der Waals surface area contributed by atoms with E-state index in [0.29, 0.717) is 29.9 Å². The molecule has 0 heterocycles. The van der Waals surface area contributed by atoms with E-state index in [0.717, 1.165) is 44.1 Å². The van der Waals surface area contributed by atoms with Crippen LogP contribution in [0.5, 0.6) is 0 Å². The molecule has 0 saturated heterocycles. The summed E-state index contributed by atoms with van der Waals surface area (Å²) >= 11 is 0. The molecule has 0 aromatic heterocycles. The largest absolute Gasteiger partial charge is 0.498 e. The minimum atomic E-state index is -1.03. The molecule has 0 radical (unpaired) electrons. The minimum Gasteiger partial charge on any atom is -0.498 e. The van der Waals surface area contributed by atoms with Gasteiger partial charge in [0.25, 0.3) is 0 Å². The number of methoxy groups -OCH3 is 1. The molecule has 0 aromatic carbocycles. The summed E-state index contributed by atoms with van der Waals surface area (Å²) in [6.45, 7) is 6.76. The lowest BCUT2D eigenvalue weighted by Crippen LogP contribution is -2.50. The van der Waals surface area contributed by atoms with Gasteiger partial charge in [0.15, 0.2) is 6.17 Å². The second-order valence-electron chi connectivity index (χ2n) is 9.79. The summed E-state index contributed by atoms with van der Waals surface area (Å²) in [5, 5.41) is 9.32. The highest BCUT2D eigenvalue weighted by Gasteiger charge is 2.58. The van der Waals surface area contributed by atoms with Gasteiger partial charge in [-0.05, 0) is 85.2 Å². The molecule has 4 aliphatic rings. The van der Waals surface area contributed by atoms with E-state index in [9.17, 15) is 14.3 Å². The lowest BCUT2D eigenvalue weighted by molar-refractivity contribution is -0.131. The quantitative estimate of drug-likeness (QED) is 0.619. The van der Waals surface area contributed by atoms with Crippen molar-refractivity contribution in [2.75, 3.05) is 7.11 Å². The summed E-state index contributed by atoms with van der Waals surface area (Å²) in [7, 11) is 1.57. The highest BCUT2D eigenvalue weighted by molar-refractivity contribution is 5.81. The summed E-state index contributed by atoms with van der Waals surface area (Å²) in [6.07, 6.45) is 9.02. The topological polar surface area (TPSA) is 46.5 Å². The van der Waals surface area contributed by atoms with E-state index < -0.39 is 12.1 Å². The van der Waals surface area contributed by atoms with Gasteiger partial charge >= 0.3 is 5.97 Å². The molecule has 1 unspecified atom stereocenters. The molecule has 154 valence electrons. The van der Waals surface area contributed by atoms with Crippen LogP contribution in [0.3, 0.4) is 0 Å². The molecular weight excluding hydrogens is 355 g/mol. The Morgan fingerprint density at radius 2 is 2.04 bits per heavy atom. The molecule has 3 nitrogen and oxygen atoms in total. The number of aliphatic carboxylic acids is 1. The zero-order valence-corrected chi connectivity index (χ0v) is 17.6. The lowest BCUT2D eigenvalue weighted by Gasteiger charge is -2.57. The fourth-order valence-electron chi connectivity index (χ4n) is 7.35. The first-order chi connectivity index (χ1) is 13.2. The Balaban J connectivity index is 1.77. The maximum Gasteiger partial charge on any atom is 0.328 e. The smallest absolute Gasteiger partial charge is 0.328 e. The molecule has 1 N–H and O–H groups in total. The first-order valence-electron chi connectivity index (χ1n) is 10.8. The molecule has 0 aromatic rings. The van der Waals surface area contributed by atoms with Crippen molar-refractivity contribution in [1.29, 1.82) is 0 Å². The van der Waals surface area contributed by atoms with Crippen LogP contribution in [0.15, 0.2) is 34.6 Å². The first-order valence-corrected chi connectivity index (χ1v) is 10.8. The summed E-state index contributed by atoms with van der Waals surface area (Å²) in [4.78, 5) is 11.3. The first kappa shape index (κ1) is 19.7. The molecule has 6 atom stereocenters. The van der Waals surface area contributed by atoms with Crippen LogP contribution < -0.4 is 0 Å². The number of hydrogen-bond donors (Lipinski definition) is 1. The molecule has 0 bridgehead atoms. The van der Waals surface area contributed by atoms with Crippen molar-refractivity contribution in [2.24, 2.45) is 28.6 Å². The number of carbonyl (C=O) groups is 1. The summed E-state index contributed by atoms with van der Waals surface area (Å²) in [6, 6.07) is 0. The second kappa shape index (κ2) is 6.74. The number of carboxylic acids is 1. The van der Waals surface area contributed by atoms with E-state index in [1.165, 1.54) is 17.2 Å². The van der Waals surface area contributed by atoms with E-state index in [1.54, 1.807) is 7.11 Å². The Morgan fingerprint density at radius 1 is 1.32 bits per heavy atom. The van der Waals surface area contributed by atoms with Crippen LogP contribution in [0.25, 0.3) is 0 Å². The number of rotatable bonds is 3. The number of carboxylic acid groups (broad SMARTS) is 1. The Kier molecular flexibility index (Phi) is 4.75. The van der Waals surface area contributed by atoms with E-state index in [1.807, 2.05) is 6.08 Å². The maximum atomic E-state index is 14.9. The predicted molar refractivity (Wildman–Crippen MR) is 107 cm³/mol. The van der Waals surface area contributed by atoms with E-state index >= 15 is 0 Å². The molecular formula is C24H33FO3. The molecule has 4 heteroatoms. The van der Waals surface area contributed by atoms with Crippen molar-refractivity contribution in [3.8, 4) is 0 Å². The zero-order chi connectivity index (χ0) is 20.3. The predicted octanol–water partition coefficient (Wildman–Crippen LogP) is 5.83. The third-order valence-electron chi connectivity index (χ3n) is 8.74. The fraction of sp³-hybridized carbons (Fsp3) is 0.708. The Bertz CT molecular complexity index is 779. The zero-order valence-electron chi connectivity index (χ0n) is 17.6. The molecule has 0 amide bonds. The average Bonchev–Trinajstić information content (AvgIpc) is 2.96. The number of allylic oxidation sites excluding steroid dienone is 5. The third-order valence-corrected chi connectivity index (χ3v) is 8.74. The Labute approximate surface area is 167 Å². The van der Waals surface area contributed by atoms with Gasteiger partial charge in [0.1, 0.15) is 5.76 Å². The maximum absolute atomic E-state index is 14.9. The van der Waals surface area contributed by atoms with Crippen LogP contribution in [0.1, 0.15) is 65.7 Å². The summed E-state index contributed by atoms with van der Waals surface area (Å²) < 4.78 is 20.3. The SMILES string of the molecule is CCC1=C2C=C(OC)C(F)C[C@]2(C)[C@H]2CC[C@]3(C)C(=CC(=O)O)CC[C@H]3[C@@H]2C1. The van der Waals surface area contributed by atoms with Gasteiger partial charge in [-0.15, -0.1) is 0 Å². The number of fused-ring (bicyclic) bond motifs is 5. The van der Waals surface area contributed by atoms with Crippen molar-refractivity contribution in [2.45, 2.75) is 71.9 Å². The van der Waals surface area contributed by atoms with Crippen LogP contribution in [0.2, 0.25) is 0 Å². The average molecular weight is 389 g/mol. The molecule has 4 aliphatic carbocycles. The highest BCUT2D eigenvalue weighted by Crippen LogP contribution is 2.67. The molecule has 28 heavy (non-hydrogen) atoms. The summed E-state index contributed by atoms with van der Waals surface area (Å²) in [5.41, 5.74) is 3.74. The van der Waals surface area contributed by atoms with Crippen molar-refractivity contribution in [1.82, 2.24) is 0 Å². The van der Waals surface area contributed by atoms with Crippen molar-refractivity contribution in [3.63, 3.8) is 0 Å². The van der Waals surface area contributed by atoms with E-state index in [-0.39, 0.29) is 10.8 Å². The van der Waals surface area contributed by atoms with Crippen molar-refractivity contribution < 1.29 is 19.0 Å². The van der Waals surface area contributed by atoms with Gasteiger partial charge in [0.05, 0.1) is 7.11 Å². The second-order valence-corrected chi connectivity index (χ2v) is 9.79. The van der Waals surface area contributed by atoms with Crippen LogP contribution in [0.4, 0.5) is 4.39 Å². The monoisotopic (exact) mass is 388 g/mol. The van der Waals surface area contributed by atoms with E-state index in [2.05, 4.69) is 20.8 Å². The van der Waals surface area contributed by atoms with Crippen LogP contribution >= 0.6 is 0 Å². The minimum absolute atomic E-state index is 0.0103. The lowest BCUT2D eigenvalue weighted by atomic mass is 9.47. The van der Waals surface area contributed by atoms with E-state index in [4.69, 9.17) is 4.74 Å². The fourth-order valence-corrected chi connectivity index (χ4v) is 7.35. The van der Waals surface area contributed by atoms with Crippen molar-refractivity contribution >= 4 is 5.97 Å². The number of alkyl halides is 1. The molecule has 2 saturated carbocycles. The van der Waals surface area contributed by atoms with Gasteiger partial charge in [-0.1, -0.05) is 31.9 Å². The Morgan fingerprint density at radius 3 is 2.68 bits per heavy atom. The van der Waals surface area contributed by atoms with Gasteiger partial charge in [-0.2, -0.15) is 0 Å². The molecule has 0 spiro atoms. The van der Waals surface area contributed by atoms with Crippen LogP contribution in [-0.4, -0.2) is 24.4 Å². The number of halogens is 1. The van der Waals surface area contributed by atoms with Gasteiger partial charge in [0, 0.05) is 6.08 Å². The number of hydrogen-bond acceptors (Lipinski definition) is 2. The van der Waals surface area contributed by atoms with Crippen LogP contribution in [-0.2, 0) is 9.53 Å². The van der Waals surface area contributed by atoms with Gasteiger partial charge in [0.2, 0.25) is 0 Å². The molecule has 4 rings (SSSR count). The summed E-state index contributed by atoms with van der Waals surface area (Å²) in [5.74, 6) is 1.14. The molecule has 2 fully saturated rings. The van der Waals surface area contributed by atoms with Gasteiger partial charge < -0.3 is 9.84 Å². The normalized spacial score (nSPS) is 43.9. The van der Waals surface area contributed by atoms with Gasteiger partial charge in [-0.25, -0.2) is 9.18 Å². The number of ether oxygens (including phenoxy) is 1.